The van der Waals surface area contributed by atoms with Crippen molar-refractivity contribution < 1.29 is 13.9 Å². The van der Waals surface area contributed by atoms with E-state index in [0.717, 1.165) is 5.76 Å². The van der Waals surface area contributed by atoms with Gasteiger partial charge < -0.3 is 9.15 Å². The van der Waals surface area contributed by atoms with Crippen LogP contribution < -0.4 is 0 Å². The number of furan rings is 1. The molecule has 1 rings (SSSR count). The van der Waals surface area contributed by atoms with Gasteiger partial charge in [-0.3, -0.25) is 0 Å². The summed E-state index contributed by atoms with van der Waals surface area (Å²) < 4.78 is 10.3. The molecule has 0 atom stereocenters. The van der Waals surface area contributed by atoms with Gasteiger partial charge in [0.15, 0.2) is 0 Å². The largest absolute Gasteiger partial charge is 0.465 e. The van der Waals surface area contributed by atoms with Crippen LogP contribution in [0.1, 0.15) is 42.6 Å². The molecule has 84 valence electrons. The molecule has 0 saturated heterocycles. The van der Waals surface area contributed by atoms with Crippen LogP contribution in [-0.4, -0.2) is 13.1 Å². The van der Waals surface area contributed by atoms with Crippen LogP contribution in [0.5, 0.6) is 0 Å². The molecule has 1 heterocycles. The van der Waals surface area contributed by atoms with E-state index in [2.05, 4.69) is 20.7 Å². The van der Waals surface area contributed by atoms with Crippen molar-refractivity contribution in [3.63, 3.8) is 0 Å². The van der Waals surface area contributed by atoms with Gasteiger partial charge in [0.25, 0.3) is 0 Å². The summed E-state index contributed by atoms with van der Waals surface area (Å²) in [6, 6.07) is 1.75. The van der Waals surface area contributed by atoms with Crippen LogP contribution >= 0.6 is 15.9 Å². The summed E-state index contributed by atoms with van der Waals surface area (Å²) in [6.45, 7) is 6.10. The second-order valence-electron chi connectivity index (χ2n) is 4.32. The van der Waals surface area contributed by atoms with Gasteiger partial charge in [0.1, 0.15) is 17.1 Å². The topological polar surface area (TPSA) is 39.4 Å². The van der Waals surface area contributed by atoms with Crippen LogP contribution in [0.2, 0.25) is 0 Å². The summed E-state index contributed by atoms with van der Waals surface area (Å²) in [5.74, 6) is 1.05. The Bertz CT molecular complexity index is 360. The summed E-state index contributed by atoms with van der Waals surface area (Å²) >= 11 is 3.28. The molecular weight excluding hydrogens is 260 g/mol. The lowest BCUT2D eigenvalue weighted by Crippen LogP contribution is -2.09. The molecule has 0 bridgehead atoms. The van der Waals surface area contributed by atoms with Gasteiger partial charge >= 0.3 is 5.97 Å². The molecule has 0 aliphatic heterocycles. The van der Waals surface area contributed by atoms with Crippen molar-refractivity contribution in [2.24, 2.45) is 0 Å². The number of hydrogen-bond donors (Lipinski definition) is 0. The van der Waals surface area contributed by atoms with Crippen molar-refractivity contribution in [1.82, 2.24) is 0 Å². The minimum Gasteiger partial charge on any atom is -0.465 e. The molecule has 0 aliphatic carbocycles. The van der Waals surface area contributed by atoms with Gasteiger partial charge in [0, 0.05) is 5.41 Å². The van der Waals surface area contributed by atoms with Gasteiger partial charge in [-0.25, -0.2) is 4.79 Å². The van der Waals surface area contributed by atoms with Gasteiger partial charge in [0.05, 0.1) is 12.4 Å². The van der Waals surface area contributed by atoms with Crippen LogP contribution in [-0.2, 0) is 15.5 Å². The van der Waals surface area contributed by atoms with Gasteiger partial charge in [0.2, 0.25) is 0 Å². The summed E-state index contributed by atoms with van der Waals surface area (Å²) in [6.07, 6.45) is 0. The summed E-state index contributed by atoms with van der Waals surface area (Å²) in [5.41, 5.74) is 0.391. The Morgan fingerprint density at radius 3 is 2.53 bits per heavy atom. The highest BCUT2D eigenvalue weighted by molar-refractivity contribution is 9.08. The third-order valence-electron chi connectivity index (χ3n) is 2.07. The number of halogens is 1. The van der Waals surface area contributed by atoms with Crippen LogP contribution in [0.3, 0.4) is 0 Å². The van der Waals surface area contributed by atoms with Crippen molar-refractivity contribution in [3.05, 3.63) is 23.2 Å². The molecule has 0 radical (unpaired) electrons. The minimum atomic E-state index is -0.358. The lowest BCUT2D eigenvalue weighted by atomic mass is 9.93. The Balaban J connectivity index is 3.17. The lowest BCUT2D eigenvalue weighted by molar-refractivity contribution is 0.0598. The fraction of sp³-hybridized carbons (Fsp3) is 0.545. The van der Waals surface area contributed by atoms with Crippen molar-refractivity contribution in [2.75, 3.05) is 7.11 Å². The quantitative estimate of drug-likeness (QED) is 0.614. The molecule has 0 aliphatic rings. The second-order valence-corrected chi connectivity index (χ2v) is 4.88. The number of carbonyl (C=O) groups is 1. The first kappa shape index (κ1) is 12.3. The molecule has 4 heteroatoms. The van der Waals surface area contributed by atoms with E-state index in [0.29, 0.717) is 16.7 Å². The van der Waals surface area contributed by atoms with E-state index in [1.807, 2.05) is 20.8 Å². The maximum absolute atomic E-state index is 11.4. The molecule has 15 heavy (non-hydrogen) atoms. The number of methoxy groups -OCH3 is 1. The number of esters is 1. The minimum absolute atomic E-state index is 0.108. The zero-order valence-electron chi connectivity index (χ0n) is 9.39. The molecule has 0 spiro atoms. The van der Waals surface area contributed by atoms with E-state index >= 15 is 0 Å². The molecule has 0 aromatic carbocycles. The maximum atomic E-state index is 11.4. The van der Waals surface area contributed by atoms with Gasteiger partial charge in [-0.15, -0.1) is 0 Å². The predicted octanol–water partition coefficient (Wildman–Crippen LogP) is 3.26. The van der Waals surface area contributed by atoms with E-state index < -0.39 is 0 Å². The van der Waals surface area contributed by atoms with Crippen molar-refractivity contribution in [1.29, 1.82) is 0 Å². The average molecular weight is 275 g/mol. The fourth-order valence-electron chi connectivity index (χ4n) is 1.18. The molecule has 1 aromatic heterocycles. The van der Waals surface area contributed by atoms with Crippen molar-refractivity contribution in [3.8, 4) is 0 Å². The second kappa shape index (κ2) is 4.39. The number of carbonyl (C=O) groups excluding carboxylic acids is 1. The van der Waals surface area contributed by atoms with E-state index in [9.17, 15) is 4.79 Å². The van der Waals surface area contributed by atoms with Gasteiger partial charge in [-0.05, 0) is 6.07 Å². The highest BCUT2D eigenvalue weighted by Crippen LogP contribution is 2.28. The predicted molar refractivity (Wildman–Crippen MR) is 61.4 cm³/mol. The van der Waals surface area contributed by atoms with E-state index in [1.165, 1.54) is 7.11 Å². The van der Waals surface area contributed by atoms with Crippen molar-refractivity contribution >= 4 is 21.9 Å². The fourth-order valence-corrected chi connectivity index (χ4v) is 1.60. The highest BCUT2D eigenvalue weighted by Gasteiger charge is 2.24. The molecule has 0 fully saturated rings. The highest BCUT2D eigenvalue weighted by atomic mass is 79.9. The Kier molecular flexibility index (Phi) is 3.60. The zero-order chi connectivity index (χ0) is 11.6. The molecule has 3 nitrogen and oxygen atoms in total. The first-order valence-corrected chi connectivity index (χ1v) is 5.79. The summed E-state index contributed by atoms with van der Waals surface area (Å²) in [5, 5.41) is 0.507. The van der Waals surface area contributed by atoms with Crippen LogP contribution in [0.25, 0.3) is 0 Å². The number of alkyl halides is 1. The third-order valence-corrected chi connectivity index (χ3v) is 2.58. The molecular formula is C11H15BrO3. The smallest absolute Gasteiger partial charge is 0.341 e. The molecule has 1 aromatic rings. The first-order valence-electron chi connectivity index (χ1n) is 4.67. The Morgan fingerprint density at radius 2 is 2.13 bits per heavy atom. The van der Waals surface area contributed by atoms with Crippen LogP contribution in [0, 0.1) is 0 Å². The molecule has 0 amide bonds. The van der Waals surface area contributed by atoms with Gasteiger partial charge in [-0.1, -0.05) is 36.7 Å². The number of rotatable bonds is 2. The standard InChI is InChI=1S/C11H15BrO3/c1-11(2,3)9-5-7(10(13)14-4)8(6-12)15-9/h5H,6H2,1-4H3. The number of ether oxygens (including phenoxy) is 1. The Morgan fingerprint density at radius 1 is 1.53 bits per heavy atom. The summed E-state index contributed by atoms with van der Waals surface area (Å²) in [4.78, 5) is 11.4. The monoisotopic (exact) mass is 274 g/mol. The van der Waals surface area contributed by atoms with E-state index in [1.54, 1.807) is 6.07 Å². The lowest BCUT2D eigenvalue weighted by Gasteiger charge is -2.13. The molecule has 0 N–H and O–H groups in total. The SMILES string of the molecule is COC(=O)c1cc(C(C)(C)C)oc1CBr. The van der Waals surface area contributed by atoms with Crippen LogP contribution in [0.15, 0.2) is 10.5 Å². The Hall–Kier alpha value is -0.770. The third kappa shape index (κ3) is 2.62. The summed E-state index contributed by atoms with van der Waals surface area (Å²) in [7, 11) is 1.37. The van der Waals surface area contributed by atoms with E-state index in [-0.39, 0.29) is 11.4 Å². The molecule has 0 saturated carbocycles. The number of hydrogen-bond acceptors (Lipinski definition) is 3. The zero-order valence-corrected chi connectivity index (χ0v) is 11.0. The Labute approximate surface area is 97.9 Å². The van der Waals surface area contributed by atoms with Crippen LogP contribution in [0.4, 0.5) is 0 Å². The normalized spacial score (nSPS) is 11.5. The average Bonchev–Trinajstić information content (AvgIpc) is 2.59. The maximum Gasteiger partial charge on any atom is 0.341 e. The molecule has 0 unspecified atom stereocenters. The van der Waals surface area contributed by atoms with E-state index in [4.69, 9.17) is 4.42 Å². The first-order chi connectivity index (χ1) is 6.90. The van der Waals surface area contributed by atoms with Gasteiger partial charge in [-0.2, -0.15) is 0 Å². The van der Waals surface area contributed by atoms with Crippen molar-refractivity contribution in [2.45, 2.75) is 31.5 Å².